The fourth-order valence-electron chi connectivity index (χ4n) is 3.45. The van der Waals surface area contributed by atoms with Gasteiger partial charge in [0.05, 0.1) is 12.2 Å². The van der Waals surface area contributed by atoms with Gasteiger partial charge in [0, 0.05) is 12.2 Å². The van der Waals surface area contributed by atoms with E-state index in [9.17, 15) is 15.0 Å². The molecule has 0 bridgehead atoms. The summed E-state index contributed by atoms with van der Waals surface area (Å²) in [6.45, 7) is 4.93. The molecule has 0 heterocycles. The Morgan fingerprint density at radius 2 is 1.75 bits per heavy atom. The Labute approximate surface area is 188 Å². The summed E-state index contributed by atoms with van der Waals surface area (Å²) in [5.41, 5.74) is 10.4. The molecule has 6 heteroatoms. The Morgan fingerprint density at radius 3 is 2.41 bits per heavy atom. The van der Waals surface area contributed by atoms with Crippen molar-refractivity contribution in [1.82, 2.24) is 5.32 Å². The van der Waals surface area contributed by atoms with Crippen LogP contribution in [0.2, 0.25) is 0 Å². The van der Waals surface area contributed by atoms with Gasteiger partial charge < -0.3 is 26.0 Å². The topological polar surface area (TPSA) is 105 Å². The van der Waals surface area contributed by atoms with Crippen molar-refractivity contribution in [2.24, 2.45) is 0 Å². The molecular formula is C26H30N2O4. The first kappa shape index (κ1) is 23.3. The zero-order chi connectivity index (χ0) is 23.1. The van der Waals surface area contributed by atoms with Gasteiger partial charge in [0.25, 0.3) is 0 Å². The molecule has 32 heavy (non-hydrogen) atoms. The summed E-state index contributed by atoms with van der Waals surface area (Å²) >= 11 is 0. The van der Waals surface area contributed by atoms with E-state index in [1.807, 2.05) is 38.1 Å². The molecule has 3 aromatic rings. The molecule has 0 fully saturated rings. The molecule has 0 aliphatic heterocycles. The maximum absolute atomic E-state index is 11.5. The average Bonchev–Trinajstić information content (AvgIpc) is 2.76. The van der Waals surface area contributed by atoms with Crippen molar-refractivity contribution < 1.29 is 19.7 Å². The van der Waals surface area contributed by atoms with Gasteiger partial charge in [-0.15, -0.1) is 0 Å². The number of carboxylic acids is 1. The monoisotopic (exact) mass is 434 g/mol. The molecule has 0 saturated heterocycles. The van der Waals surface area contributed by atoms with Crippen LogP contribution in [0.5, 0.6) is 5.75 Å². The van der Waals surface area contributed by atoms with Crippen molar-refractivity contribution in [3.8, 4) is 16.9 Å². The summed E-state index contributed by atoms with van der Waals surface area (Å²) in [7, 11) is 0. The third kappa shape index (κ3) is 6.33. The van der Waals surface area contributed by atoms with Crippen molar-refractivity contribution in [2.75, 3.05) is 18.8 Å². The van der Waals surface area contributed by atoms with Crippen LogP contribution in [0.25, 0.3) is 11.1 Å². The quantitative estimate of drug-likeness (QED) is 0.280. The number of carboxylic acid groups (broad SMARTS) is 1. The van der Waals surface area contributed by atoms with Gasteiger partial charge >= 0.3 is 5.97 Å². The number of aliphatic hydroxyl groups is 1. The van der Waals surface area contributed by atoms with E-state index in [1.54, 1.807) is 30.3 Å². The molecule has 0 amide bonds. The molecule has 3 rings (SSSR count). The first-order chi connectivity index (χ1) is 15.3. The molecule has 3 aromatic carbocycles. The standard InChI is InChI=1S/C26H30N2O4/c1-17(2)32-25-15-20(10-11-23(25)26(30)31)19-8-6-18(7-9-19)12-13-28-16-24(29)21-4-3-5-22(27)14-21/h3-11,14-15,17,24,28-29H,12-13,16,27H2,1-2H3,(H,30,31)/t24-/m0/s1. The van der Waals surface area contributed by atoms with Gasteiger partial charge in [0.2, 0.25) is 0 Å². The number of hydrogen-bond donors (Lipinski definition) is 4. The summed E-state index contributed by atoms with van der Waals surface area (Å²) in [4.78, 5) is 11.5. The lowest BCUT2D eigenvalue weighted by Gasteiger charge is -2.14. The van der Waals surface area contributed by atoms with E-state index in [0.717, 1.165) is 29.7 Å². The number of rotatable bonds is 10. The third-order valence-electron chi connectivity index (χ3n) is 5.09. The van der Waals surface area contributed by atoms with Crippen LogP contribution in [0.1, 0.15) is 41.4 Å². The van der Waals surface area contributed by atoms with Gasteiger partial charge in [-0.1, -0.05) is 42.5 Å². The number of nitrogen functional groups attached to an aromatic ring is 1. The van der Waals surface area contributed by atoms with Crippen LogP contribution in [0, 0.1) is 0 Å². The second-order valence-corrected chi connectivity index (χ2v) is 8.02. The lowest BCUT2D eigenvalue weighted by Crippen LogP contribution is -2.23. The molecule has 1 atom stereocenters. The van der Waals surface area contributed by atoms with Crippen molar-refractivity contribution in [2.45, 2.75) is 32.5 Å². The summed E-state index contributed by atoms with van der Waals surface area (Å²) in [5, 5.41) is 22.9. The maximum atomic E-state index is 11.5. The van der Waals surface area contributed by atoms with E-state index in [0.29, 0.717) is 18.0 Å². The highest BCUT2D eigenvalue weighted by Gasteiger charge is 2.14. The predicted octanol–water partition coefficient (Wildman–Crippen LogP) is 4.29. The van der Waals surface area contributed by atoms with Crippen LogP contribution in [-0.2, 0) is 6.42 Å². The number of nitrogens with two attached hydrogens (primary N) is 1. The van der Waals surface area contributed by atoms with Crippen LogP contribution in [0.15, 0.2) is 66.7 Å². The molecule has 6 nitrogen and oxygen atoms in total. The van der Waals surface area contributed by atoms with E-state index in [4.69, 9.17) is 10.5 Å². The molecular weight excluding hydrogens is 404 g/mol. The maximum Gasteiger partial charge on any atom is 0.339 e. The molecule has 0 saturated carbocycles. The zero-order valence-corrected chi connectivity index (χ0v) is 18.4. The van der Waals surface area contributed by atoms with E-state index in [2.05, 4.69) is 17.4 Å². The smallest absolute Gasteiger partial charge is 0.339 e. The molecule has 0 spiro atoms. The second-order valence-electron chi connectivity index (χ2n) is 8.02. The van der Waals surface area contributed by atoms with Crippen molar-refractivity contribution in [1.29, 1.82) is 0 Å². The Hall–Kier alpha value is -3.35. The number of aromatic carboxylic acids is 1. The van der Waals surface area contributed by atoms with Crippen molar-refractivity contribution in [3.63, 3.8) is 0 Å². The van der Waals surface area contributed by atoms with Crippen LogP contribution >= 0.6 is 0 Å². The number of benzene rings is 3. The van der Waals surface area contributed by atoms with Crippen molar-refractivity contribution >= 4 is 11.7 Å². The molecule has 168 valence electrons. The largest absolute Gasteiger partial charge is 0.490 e. The van der Waals surface area contributed by atoms with Gasteiger partial charge in [-0.05, 0) is 73.3 Å². The molecule has 0 radical (unpaired) electrons. The fourth-order valence-corrected chi connectivity index (χ4v) is 3.45. The molecule has 0 aliphatic carbocycles. The minimum absolute atomic E-state index is 0.115. The van der Waals surface area contributed by atoms with E-state index in [1.165, 1.54) is 5.56 Å². The van der Waals surface area contributed by atoms with E-state index in [-0.39, 0.29) is 11.7 Å². The average molecular weight is 435 g/mol. The number of aliphatic hydroxyl groups excluding tert-OH is 1. The lowest BCUT2D eigenvalue weighted by atomic mass is 10.0. The highest BCUT2D eigenvalue weighted by molar-refractivity contribution is 5.92. The number of anilines is 1. The highest BCUT2D eigenvalue weighted by Crippen LogP contribution is 2.28. The molecule has 0 aliphatic rings. The fraction of sp³-hybridized carbons (Fsp3) is 0.269. The minimum Gasteiger partial charge on any atom is -0.490 e. The van der Waals surface area contributed by atoms with Crippen molar-refractivity contribution in [3.05, 3.63) is 83.4 Å². The van der Waals surface area contributed by atoms with Gasteiger partial charge in [0.1, 0.15) is 11.3 Å². The summed E-state index contributed by atoms with van der Waals surface area (Å²) in [5.74, 6) is -0.632. The van der Waals surface area contributed by atoms with Crippen LogP contribution in [0.4, 0.5) is 5.69 Å². The highest BCUT2D eigenvalue weighted by atomic mass is 16.5. The SMILES string of the molecule is CC(C)Oc1cc(-c2ccc(CCNC[C@H](O)c3cccc(N)c3)cc2)ccc1C(=O)O. The number of carbonyl (C=O) groups is 1. The van der Waals surface area contributed by atoms with Gasteiger partial charge in [-0.25, -0.2) is 4.79 Å². The summed E-state index contributed by atoms with van der Waals surface area (Å²) in [6.07, 6.45) is 0.108. The predicted molar refractivity (Wildman–Crippen MR) is 127 cm³/mol. The Bertz CT molecular complexity index is 1050. The van der Waals surface area contributed by atoms with Crippen LogP contribution in [-0.4, -0.2) is 35.4 Å². The number of nitrogens with one attached hydrogen (secondary N) is 1. The third-order valence-corrected chi connectivity index (χ3v) is 5.09. The van der Waals surface area contributed by atoms with Gasteiger partial charge in [-0.2, -0.15) is 0 Å². The van der Waals surface area contributed by atoms with Gasteiger partial charge in [0.15, 0.2) is 0 Å². The first-order valence-electron chi connectivity index (χ1n) is 10.7. The zero-order valence-electron chi connectivity index (χ0n) is 18.4. The van der Waals surface area contributed by atoms with E-state index < -0.39 is 12.1 Å². The summed E-state index contributed by atoms with van der Waals surface area (Å²) in [6, 6.07) is 20.6. The Kier molecular flexibility index (Phi) is 7.87. The molecule has 5 N–H and O–H groups in total. The Balaban J connectivity index is 1.57. The lowest BCUT2D eigenvalue weighted by molar-refractivity contribution is 0.0690. The van der Waals surface area contributed by atoms with Crippen LogP contribution in [0.3, 0.4) is 0 Å². The van der Waals surface area contributed by atoms with E-state index >= 15 is 0 Å². The van der Waals surface area contributed by atoms with Crippen LogP contribution < -0.4 is 15.8 Å². The van der Waals surface area contributed by atoms with Gasteiger partial charge in [-0.3, -0.25) is 0 Å². The minimum atomic E-state index is -1.00. The normalized spacial score (nSPS) is 12.0. The summed E-state index contributed by atoms with van der Waals surface area (Å²) < 4.78 is 5.70. The Morgan fingerprint density at radius 1 is 1.03 bits per heavy atom. The molecule has 0 aromatic heterocycles. The number of ether oxygens (including phenoxy) is 1. The number of hydrogen-bond acceptors (Lipinski definition) is 5. The molecule has 0 unspecified atom stereocenters. The second kappa shape index (κ2) is 10.8. The first-order valence-corrected chi connectivity index (χ1v) is 10.7.